The van der Waals surface area contributed by atoms with E-state index in [1.807, 2.05) is 48.5 Å². The van der Waals surface area contributed by atoms with Crippen molar-refractivity contribution in [2.75, 3.05) is 0 Å². The van der Waals surface area contributed by atoms with E-state index in [-0.39, 0.29) is 12.2 Å². The van der Waals surface area contributed by atoms with Gasteiger partial charge < -0.3 is 9.72 Å². The molecule has 0 aliphatic carbocycles. The van der Waals surface area contributed by atoms with Crippen molar-refractivity contribution in [3.8, 4) is 11.1 Å². The summed E-state index contributed by atoms with van der Waals surface area (Å²) < 4.78 is 19.4. The number of imide groups is 1. The highest BCUT2D eigenvalue weighted by Gasteiger charge is 2.58. The Hall–Kier alpha value is -4.92. The highest BCUT2D eigenvalue weighted by Crippen LogP contribution is 2.41. The smallest absolute Gasteiger partial charge is 0.418 e. The number of benzene rings is 3. The first kappa shape index (κ1) is 23.5. The summed E-state index contributed by atoms with van der Waals surface area (Å²) in [6.45, 7) is 1.71. The molecule has 1 aliphatic rings. The maximum atomic E-state index is 14.1. The number of aromatic amines is 1. The molecule has 1 N–H and O–H groups in total. The molecule has 2 aromatic heterocycles. The van der Waals surface area contributed by atoms with Crippen LogP contribution in [0.15, 0.2) is 91.5 Å². The first-order valence-electron chi connectivity index (χ1n) is 12.1. The summed E-state index contributed by atoms with van der Waals surface area (Å²) in [6.07, 6.45) is 4.17. The molecule has 1 aliphatic heterocycles. The zero-order valence-corrected chi connectivity index (χ0v) is 20.3. The molecule has 3 heterocycles. The van der Waals surface area contributed by atoms with Crippen molar-refractivity contribution in [3.05, 3.63) is 114 Å². The Labute approximate surface area is 217 Å². The van der Waals surface area contributed by atoms with Crippen molar-refractivity contribution >= 4 is 23.0 Å². The van der Waals surface area contributed by atoms with Crippen molar-refractivity contribution in [2.45, 2.75) is 25.0 Å². The summed E-state index contributed by atoms with van der Waals surface area (Å²) in [7, 11) is 0. The lowest BCUT2D eigenvalue weighted by atomic mass is 9.92. The van der Waals surface area contributed by atoms with Gasteiger partial charge in [0.05, 0.1) is 17.1 Å². The van der Waals surface area contributed by atoms with Crippen molar-refractivity contribution in [1.29, 1.82) is 0 Å². The number of halogens is 1. The van der Waals surface area contributed by atoms with Crippen LogP contribution in [0.25, 0.3) is 22.2 Å². The van der Waals surface area contributed by atoms with Crippen LogP contribution in [0.5, 0.6) is 0 Å². The standard InChI is InChI=1S/C29H22FN5O3/c1-18(20-7-10-23(30)11-8-20)35-27(36)29(38-28(35)37,14-19-5-3-2-4-6-19)26-33-24-12-9-21(13-25(24)34-26)22-15-31-17-32-16-22/h2-13,15-18H,14H2,1H3,(H,33,34)/t18-,29-/m1/s1. The lowest BCUT2D eigenvalue weighted by Crippen LogP contribution is -2.42. The highest BCUT2D eigenvalue weighted by molar-refractivity contribution is 6.04. The van der Waals surface area contributed by atoms with Crippen LogP contribution in [0.4, 0.5) is 9.18 Å². The van der Waals surface area contributed by atoms with Gasteiger partial charge in [-0.05, 0) is 47.9 Å². The van der Waals surface area contributed by atoms with Crippen LogP contribution in [0.3, 0.4) is 0 Å². The maximum absolute atomic E-state index is 14.1. The van der Waals surface area contributed by atoms with Gasteiger partial charge in [-0.25, -0.2) is 29.0 Å². The molecule has 9 heteroatoms. The molecule has 3 aromatic carbocycles. The SMILES string of the molecule is C[C@H](c1ccc(F)cc1)N1C(=O)O[C@](Cc2ccccc2)(c2nc3cc(-c4cncnc4)ccc3[nH]2)C1=O. The molecule has 1 saturated heterocycles. The molecule has 2 amide bonds. The number of nitrogens with one attached hydrogen (secondary N) is 1. The number of H-pyrrole nitrogens is 1. The molecule has 2 atom stereocenters. The lowest BCUT2D eigenvalue weighted by Gasteiger charge is -2.25. The minimum atomic E-state index is -1.71. The number of rotatable bonds is 6. The molecular weight excluding hydrogens is 485 g/mol. The Kier molecular flexibility index (Phi) is 5.68. The first-order valence-corrected chi connectivity index (χ1v) is 12.1. The second-order valence-corrected chi connectivity index (χ2v) is 9.20. The summed E-state index contributed by atoms with van der Waals surface area (Å²) in [4.78, 5) is 44.6. The van der Waals surface area contributed by atoms with E-state index in [0.29, 0.717) is 16.6 Å². The summed E-state index contributed by atoms with van der Waals surface area (Å²) in [5.74, 6) is -0.720. The normalized spacial score (nSPS) is 18.1. The average Bonchev–Trinajstić information content (AvgIpc) is 3.48. The number of hydrogen-bond acceptors (Lipinski definition) is 6. The van der Waals surface area contributed by atoms with Gasteiger partial charge in [-0.2, -0.15) is 0 Å². The number of cyclic esters (lactones) is 1. The number of aromatic nitrogens is 4. The Morgan fingerprint density at radius 3 is 2.45 bits per heavy atom. The monoisotopic (exact) mass is 507 g/mol. The molecule has 8 nitrogen and oxygen atoms in total. The van der Waals surface area contributed by atoms with Crippen molar-refractivity contribution in [1.82, 2.24) is 24.8 Å². The Balaban J connectivity index is 1.44. The van der Waals surface area contributed by atoms with Crippen LogP contribution in [-0.2, 0) is 21.6 Å². The molecule has 1 fully saturated rings. The van der Waals surface area contributed by atoms with Gasteiger partial charge in [-0.15, -0.1) is 0 Å². The summed E-state index contributed by atoms with van der Waals surface area (Å²) in [5.41, 5.74) is 2.65. The van der Waals surface area contributed by atoms with E-state index in [4.69, 9.17) is 9.72 Å². The predicted molar refractivity (Wildman–Crippen MR) is 137 cm³/mol. The molecular formula is C29H22FN5O3. The van der Waals surface area contributed by atoms with Crippen molar-refractivity contribution in [3.63, 3.8) is 0 Å². The van der Waals surface area contributed by atoms with E-state index in [9.17, 15) is 14.0 Å². The third-order valence-electron chi connectivity index (χ3n) is 6.82. The second kappa shape index (κ2) is 9.19. The molecule has 5 aromatic rings. The van der Waals surface area contributed by atoms with E-state index < -0.39 is 29.5 Å². The van der Waals surface area contributed by atoms with Crippen molar-refractivity contribution in [2.24, 2.45) is 0 Å². The number of fused-ring (bicyclic) bond motifs is 1. The van der Waals surface area contributed by atoms with Crippen LogP contribution >= 0.6 is 0 Å². The zero-order valence-electron chi connectivity index (χ0n) is 20.3. The van der Waals surface area contributed by atoms with Crippen LogP contribution in [-0.4, -0.2) is 36.8 Å². The molecule has 38 heavy (non-hydrogen) atoms. The largest absolute Gasteiger partial charge is 0.424 e. The van der Waals surface area contributed by atoms with Crippen LogP contribution in [0, 0.1) is 5.82 Å². The summed E-state index contributed by atoms with van der Waals surface area (Å²) in [6, 6.07) is 19.9. The van der Waals surface area contributed by atoms with E-state index >= 15 is 0 Å². The average molecular weight is 508 g/mol. The quantitative estimate of drug-likeness (QED) is 0.333. The molecule has 0 spiro atoms. The number of amides is 2. The number of imidazole rings is 1. The summed E-state index contributed by atoms with van der Waals surface area (Å²) in [5, 5.41) is 0. The molecule has 0 radical (unpaired) electrons. The van der Waals surface area contributed by atoms with Gasteiger partial charge in [-0.1, -0.05) is 48.5 Å². The van der Waals surface area contributed by atoms with Gasteiger partial charge in [0.25, 0.3) is 11.5 Å². The van der Waals surface area contributed by atoms with Crippen LogP contribution < -0.4 is 0 Å². The van der Waals surface area contributed by atoms with E-state index in [0.717, 1.165) is 21.6 Å². The summed E-state index contributed by atoms with van der Waals surface area (Å²) >= 11 is 0. The fourth-order valence-electron chi connectivity index (χ4n) is 4.80. The number of ether oxygens (including phenoxy) is 1. The minimum Gasteiger partial charge on any atom is -0.424 e. The zero-order chi connectivity index (χ0) is 26.3. The fourth-order valence-corrected chi connectivity index (χ4v) is 4.80. The fraction of sp³-hybridized carbons (Fsp3) is 0.138. The topological polar surface area (TPSA) is 101 Å². The minimum absolute atomic E-state index is 0.0876. The molecule has 188 valence electrons. The van der Waals surface area contributed by atoms with Crippen LogP contribution in [0.2, 0.25) is 0 Å². The van der Waals surface area contributed by atoms with Gasteiger partial charge in [-0.3, -0.25) is 4.79 Å². The Morgan fingerprint density at radius 2 is 1.71 bits per heavy atom. The molecule has 0 saturated carbocycles. The number of hydrogen-bond donors (Lipinski definition) is 1. The Bertz CT molecular complexity index is 1640. The maximum Gasteiger partial charge on any atom is 0.418 e. The third kappa shape index (κ3) is 3.98. The molecule has 6 rings (SSSR count). The van der Waals surface area contributed by atoms with Gasteiger partial charge in [0.1, 0.15) is 12.1 Å². The van der Waals surface area contributed by atoms with Gasteiger partial charge >= 0.3 is 6.09 Å². The lowest BCUT2D eigenvalue weighted by molar-refractivity contribution is -0.139. The van der Waals surface area contributed by atoms with E-state index in [2.05, 4.69) is 15.0 Å². The molecule has 0 unspecified atom stereocenters. The van der Waals surface area contributed by atoms with Gasteiger partial charge in [0.2, 0.25) is 0 Å². The van der Waals surface area contributed by atoms with Crippen molar-refractivity contribution < 1.29 is 18.7 Å². The van der Waals surface area contributed by atoms with Gasteiger partial charge in [0.15, 0.2) is 5.82 Å². The highest BCUT2D eigenvalue weighted by atomic mass is 19.1. The second-order valence-electron chi connectivity index (χ2n) is 9.20. The molecule has 0 bridgehead atoms. The van der Waals surface area contributed by atoms with Gasteiger partial charge in [0, 0.05) is 24.4 Å². The number of carbonyl (C=O) groups excluding carboxylic acids is 2. The van der Waals surface area contributed by atoms with E-state index in [1.54, 1.807) is 31.5 Å². The first-order chi connectivity index (χ1) is 18.4. The number of nitrogens with zero attached hydrogens (tertiary/aromatic N) is 4. The third-order valence-corrected chi connectivity index (χ3v) is 6.82. The van der Waals surface area contributed by atoms with Crippen LogP contribution in [0.1, 0.15) is 29.9 Å². The Morgan fingerprint density at radius 1 is 0.974 bits per heavy atom. The predicted octanol–water partition coefficient (Wildman–Crippen LogP) is 5.34. The van der Waals surface area contributed by atoms with E-state index in [1.165, 1.54) is 18.5 Å². The number of carbonyl (C=O) groups is 2.